The molecule has 2 heterocycles. The molecule has 1 aliphatic heterocycles. The van der Waals surface area contributed by atoms with E-state index in [4.69, 9.17) is 16.3 Å². The number of halogens is 2. The van der Waals surface area contributed by atoms with E-state index in [2.05, 4.69) is 9.97 Å². The summed E-state index contributed by atoms with van der Waals surface area (Å²) >= 11 is 5.74. The SMILES string of the molecule is O=C(c1cccc(F)c1)N1CCCC(Oc2ncc(Cl)cn2)C1. The van der Waals surface area contributed by atoms with E-state index in [1.807, 2.05) is 0 Å². The summed E-state index contributed by atoms with van der Waals surface area (Å²) in [6.45, 7) is 1.04. The Morgan fingerprint density at radius 2 is 2.13 bits per heavy atom. The quantitative estimate of drug-likeness (QED) is 0.865. The van der Waals surface area contributed by atoms with Gasteiger partial charge in [0, 0.05) is 12.1 Å². The number of amides is 1. The predicted octanol–water partition coefficient (Wildman–Crippen LogP) is 2.95. The van der Waals surface area contributed by atoms with Gasteiger partial charge in [0.15, 0.2) is 0 Å². The average Bonchev–Trinajstić information content (AvgIpc) is 2.56. The molecule has 120 valence electrons. The minimum Gasteiger partial charge on any atom is -0.458 e. The van der Waals surface area contributed by atoms with Crippen molar-refractivity contribution in [2.24, 2.45) is 0 Å². The molecular weight excluding hydrogens is 321 g/mol. The summed E-state index contributed by atoms with van der Waals surface area (Å²) in [5, 5.41) is 0.434. The summed E-state index contributed by atoms with van der Waals surface area (Å²) in [5.41, 5.74) is 0.341. The predicted molar refractivity (Wildman–Crippen MR) is 83.0 cm³/mol. The number of hydrogen-bond donors (Lipinski definition) is 0. The molecule has 1 amide bonds. The van der Waals surface area contributed by atoms with Crippen molar-refractivity contribution in [3.63, 3.8) is 0 Å². The molecule has 0 bridgehead atoms. The molecule has 3 rings (SSSR count). The number of piperidine rings is 1. The molecule has 1 saturated heterocycles. The molecule has 0 radical (unpaired) electrons. The number of benzene rings is 1. The third-order valence-electron chi connectivity index (χ3n) is 3.61. The zero-order valence-electron chi connectivity index (χ0n) is 12.3. The summed E-state index contributed by atoms with van der Waals surface area (Å²) in [4.78, 5) is 22.1. The molecular formula is C16H15ClFN3O2. The topological polar surface area (TPSA) is 55.3 Å². The largest absolute Gasteiger partial charge is 0.458 e. The highest BCUT2D eigenvalue weighted by Gasteiger charge is 2.26. The Hall–Kier alpha value is -2.21. The van der Waals surface area contributed by atoms with Crippen molar-refractivity contribution in [1.82, 2.24) is 14.9 Å². The second-order valence-electron chi connectivity index (χ2n) is 5.33. The van der Waals surface area contributed by atoms with Crippen molar-refractivity contribution >= 4 is 17.5 Å². The Morgan fingerprint density at radius 3 is 2.87 bits per heavy atom. The van der Waals surface area contributed by atoms with E-state index < -0.39 is 5.82 Å². The van der Waals surface area contributed by atoms with Crippen LogP contribution >= 0.6 is 11.6 Å². The van der Waals surface area contributed by atoms with E-state index in [1.165, 1.54) is 30.6 Å². The van der Waals surface area contributed by atoms with Crippen molar-refractivity contribution in [1.29, 1.82) is 0 Å². The third kappa shape index (κ3) is 3.96. The zero-order chi connectivity index (χ0) is 16.2. The Kier molecular flexibility index (Phi) is 4.71. The smallest absolute Gasteiger partial charge is 0.316 e. The standard InChI is InChI=1S/C16H15ClFN3O2/c17-12-8-19-16(20-9-12)23-14-5-2-6-21(10-14)15(22)11-3-1-4-13(18)7-11/h1,3-4,7-9,14H,2,5-6,10H2. The zero-order valence-corrected chi connectivity index (χ0v) is 13.0. The lowest BCUT2D eigenvalue weighted by Gasteiger charge is -2.32. The lowest BCUT2D eigenvalue weighted by atomic mass is 10.1. The second-order valence-corrected chi connectivity index (χ2v) is 5.76. The van der Waals surface area contributed by atoms with Crippen LogP contribution in [0.5, 0.6) is 6.01 Å². The molecule has 1 unspecified atom stereocenters. The highest BCUT2D eigenvalue weighted by molar-refractivity contribution is 6.30. The molecule has 1 aliphatic rings. The number of aromatic nitrogens is 2. The van der Waals surface area contributed by atoms with Gasteiger partial charge < -0.3 is 9.64 Å². The second kappa shape index (κ2) is 6.91. The molecule has 7 heteroatoms. The molecule has 23 heavy (non-hydrogen) atoms. The van der Waals surface area contributed by atoms with Crippen LogP contribution < -0.4 is 4.74 Å². The minimum atomic E-state index is -0.421. The molecule has 1 atom stereocenters. The van der Waals surface area contributed by atoms with E-state index in [9.17, 15) is 9.18 Å². The number of rotatable bonds is 3. The first-order chi connectivity index (χ1) is 11.1. The van der Waals surface area contributed by atoms with Crippen molar-refractivity contribution in [2.75, 3.05) is 13.1 Å². The fraction of sp³-hybridized carbons (Fsp3) is 0.312. The normalized spacial score (nSPS) is 17.8. The van der Waals surface area contributed by atoms with E-state index >= 15 is 0 Å². The minimum absolute atomic E-state index is 0.192. The first-order valence-corrected chi connectivity index (χ1v) is 7.68. The number of carbonyl (C=O) groups excluding carboxylic acids is 1. The number of ether oxygens (including phenoxy) is 1. The Morgan fingerprint density at radius 1 is 1.35 bits per heavy atom. The van der Waals surface area contributed by atoms with Gasteiger partial charge in [0.05, 0.1) is 24.0 Å². The molecule has 0 N–H and O–H groups in total. The van der Waals surface area contributed by atoms with Crippen LogP contribution in [-0.2, 0) is 0 Å². The number of likely N-dealkylation sites (tertiary alicyclic amines) is 1. The fourth-order valence-electron chi connectivity index (χ4n) is 2.53. The van der Waals surface area contributed by atoms with Gasteiger partial charge in [0.2, 0.25) is 0 Å². The first-order valence-electron chi connectivity index (χ1n) is 7.31. The average molecular weight is 336 g/mol. The van der Waals surface area contributed by atoms with Crippen molar-refractivity contribution in [3.05, 3.63) is 53.1 Å². The van der Waals surface area contributed by atoms with Gasteiger partial charge in [-0.2, -0.15) is 0 Å². The van der Waals surface area contributed by atoms with Gasteiger partial charge in [-0.25, -0.2) is 14.4 Å². The Balaban J connectivity index is 1.66. The van der Waals surface area contributed by atoms with Gasteiger partial charge in [-0.15, -0.1) is 0 Å². The molecule has 0 aliphatic carbocycles. The number of nitrogens with zero attached hydrogens (tertiary/aromatic N) is 3. The lowest BCUT2D eigenvalue weighted by Crippen LogP contribution is -2.44. The third-order valence-corrected chi connectivity index (χ3v) is 3.80. The van der Waals surface area contributed by atoms with E-state index in [1.54, 1.807) is 11.0 Å². The number of hydrogen-bond acceptors (Lipinski definition) is 4. The van der Waals surface area contributed by atoms with Crippen LogP contribution in [0.3, 0.4) is 0 Å². The van der Waals surface area contributed by atoms with E-state index in [0.717, 1.165) is 12.8 Å². The molecule has 1 aromatic heterocycles. The maximum Gasteiger partial charge on any atom is 0.316 e. The maximum atomic E-state index is 13.3. The maximum absolute atomic E-state index is 13.3. The van der Waals surface area contributed by atoms with Gasteiger partial charge in [-0.1, -0.05) is 17.7 Å². The van der Waals surface area contributed by atoms with Crippen LogP contribution in [0.4, 0.5) is 4.39 Å². The number of carbonyl (C=O) groups is 1. The summed E-state index contributed by atoms with van der Waals surface area (Å²) in [6.07, 6.45) is 4.34. The van der Waals surface area contributed by atoms with Crippen molar-refractivity contribution < 1.29 is 13.9 Å². The highest BCUT2D eigenvalue weighted by Crippen LogP contribution is 2.18. The monoisotopic (exact) mass is 335 g/mol. The Bertz CT molecular complexity index is 696. The highest BCUT2D eigenvalue weighted by atomic mass is 35.5. The molecule has 0 saturated carbocycles. The van der Waals surface area contributed by atoms with Crippen LogP contribution in [0.2, 0.25) is 5.02 Å². The van der Waals surface area contributed by atoms with Crippen molar-refractivity contribution in [2.45, 2.75) is 18.9 Å². The van der Waals surface area contributed by atoms with Crippen LogP contribution in [0.15, 0.2) is 36.7 Å². The first kappa shape index (κ1) is 15.7. The van der Waals surface area contributed by atoms with Gasteiger partial charge in [0.25, 0.3) is 5.91 Å². The van der Waals surface area contributed by atoms with Crippen molar-refractivity contribution in [3.8, 4) is 6.01 Å². The molecule has 0 spiro atoms. The molecule has 2 aromatic rings. The summed E-state index contributed by atoms with van der Waals surface area (Å²) < 4.78 is 19.0. The van der Waals surface area contributed by atoms with Gasteiger partial charge in [0.1, 0.15) is 11.9 Å². The van der Waals surface area contributed by atoms with Crippen LogP contribution in [0.1, 0.15) is 23.2 Å². The van der Waals surface area contributed by atoms with Gasteiger partial charge >= 0.3 is 6.01 Å². The van der Waals surface area contributed by atoms with Gasteiger partial charge in [-0.3, -0.25) is 4.79 Å². The van der Waals surface area contributed by atoms with Gasteiger partial charge in [-0.05, 0) is 31.0 Å². The van der Waals surface area contributed by atoms with Crippen LogP contribution in [0, 0.1) is 5.82 Å². The molecule has 1 fully saturated rings. The van der Waals surface area contributed by atoms with Crippen LogP contribution in [0.25, 0.3) is 0 Å². The lowest BCUT2D eigenvalue weighted by molar-refractivity contribution is 0.0515. The molecule has 1 aromatic carbocycles. The molecule has 5 nitrogen and oxygen atoms in total. The summed E-state index contributed by atoms with van der Waals surface area (Å²) in [7, 11) is 0. The van der Waals surface area contributed by atoms with Crippen LogP contribution in [-0.4, -0.2) is 40.0 Å². The fourth-order valence-corrected chi connectivity index (χ4v) is 2.63. The van der Waals surface area contributed by atoms with E-state index in [-0.39, 0.29) is 18.0 Å². The van der Waals surface area contributed by atoms with E-state index in [0.29, 0.717) is 23.7 Å². The summed E-state index contributed by atoms with van der Waals surface area (Å²) in [5.74, 6) is -0.620. The summed E-state index contributed by atoms with van der Waals surface area (Å²) in [6, 6.07) is 5.94. The Labute approximate surface area is 138 Å².